The van der Waals surface area contributed by atoms with Gasteiger partial charge in [-0.1, -0.05) is 25.1 Å². The molecule has 0 spiro atoms. The van der Waals surface area contributed by atoms with Gasteiger partial charge in [-0.25, -0.2) is 8.78 Å². The summed E-state index contributed by atoms with van der Waals surface area (Å²) in [5.41, 5.74) is 1.08. The van der Waals surface area contributed by atoms with Crippen LogP contribution in [0.5, 0.6) is 0 Å². The van der Waals surface area contributed by atoms with E-state index in [1.54, 1.807) is 12.1 Å². The molecular weight excluding hydrogens is 322 g/mol. The summed E-state index contributed by atoms with van der Waals surface area (Å²) in [5, 5.41) is 2.30. The van der Waals surface area contributed by atoms with Gasteiger partial charge in [0.1, 0.15) is 17.3 Å². The number of halogens is 2. The van der Waals surface area contributed by atoms with Crippen LogP contribution in [-0.4, -0.2) is 23.9 Å². The molecule has 0 radical (unpaired) electrons. The van der Waals surface area contributed by atoms with Crippen molar-refractivity contribution in [3.8, 4) is 0 Å². The first kappa shape index (κ1) is 17.5. The number of hydrogen-bond donors (Lipinski definition) is 1. The number of carbonyl (C=O) groups is 1. The van der Waals surface area contributed by atoms with Crippen LogP contribution in [0.4, 0.5) is 14.5 Å². The second-order valence-electron chi connectivity index (χ2n) is 6.71. The molecule has 3 rings (SSSR count). The Bertz CT molecular complexity index is 718. The van der Waals surface area contributed by atoms with Crippen LogP contribution in [0.15, 0.2) is 42.5 Å². The molecule has 5 heteroatoms. The maximum absolute atomic E-state index is 13.6. The fourth-order valence-electron chi connectivity index (χ4n) is 3.04. The molecule has 1 aliphatic heterocycles. The molecule has 25 heavy (non-hydrogen) atoms. The molecule has 1 amide bonds. The lowest BCUT2D eigenvalue weighted by Crippen LogP contribution is -2.32. The van der Waals surface area contributed by atoms with Crippen molar-refractivity contribution >= 4 is 11.6 Å². The monoisotopic (exact) mass is 344 g/mol. The fraction of sp³-hybridized carbons (Fsp3) is 0.350. The highest BCUT2D eigenvalue weighted by Crippen LogP contribution is 2.20. The van der Waals surface area contributed by atoms with Crippen molar-refractivity contribution in [2.45, 2.75) is 26.3 Å². The number of benzene rings is 2. The summed E-state index contributed by atoms with van der Waals surface area (Å²) in [6.07, 6.45) is 2.43. The maximum atomic E-state index is 13.6. The Morgan fingerprint density at radius 1 is 1.08 bits per heavy atom. The van der Waals surface area contributed by atoms with Crippen LogP contribution in [-0.2, 0) is 6.54 Å². The van der Waals surface area contributed by atoms with E-state index < -0.39 is 23.2 Å². The highest BCUT2D eigenvalue weighted by molar-refractivity contribution is 6.04. The average Bonchev–Trinajstić information content (AvgIpc) is 2.61. The van der Waals surface area contributed by atoms with Crippen molar-refractivity contribution in [1.29, 1.82) is 0 Å². The third kappa shape index (κ3) is 4.42. The normalized spacial score (nSPS) is 16.0. The summed E-state index contributed by atoms with van der Waals surface area (Å²) in [6.45, 7) is 5.33. The van der Waals surface area contributed by atoms with Gasteiger partial charge >= 0.3 is 0 Å². The lowest BCUT2D eigenvalue weighted by molar-refractivity contribution is 0.102. The van der Waals surface area contributed by atoms with Crippen LogP contribution in [0.25, 0.3) is 0 Å². The van der Waals surface area contributed by atoms with E-state index in [1.807, 2.05) is 12.1 Å². The minimum atomic E-state index is -0.788. The Morgan fingerprint density at radius 3 is 2.28 bits per heavy atom. The van der Waals surface area contributed by atoms with Crippen molar-refractivity contribution in [1.82, 2.24) is 4.90 Å². The molecular formula is C20H22F2N2O. The van der Waals surface area contributed by atoms with E-state index in [0.29, 0.717) is 5.56 Å². The Balaban J connectivity index is 1.63. The Hall–Kier alpha value is -2.27. The molecule has 0 aliphatic carbocycles. The van der Waals surface area contributed by atoms with Crippen molar-refractivity contribution in [3.63, 3.8) is 0 Å². The van der Waals surface area contributed by atoms with Gasteiger partial charge in [0.2, 0.25) is 0 Å². The quantitative estimate of drug-likeness (QED) is 0.889. The van der Waals surface area contributed by atoms with Gasteiger partial charge in [-0.2, -0.15) is 0 Å². The zero-order chi connectivity index (χ0) is 17.8. The third-order valence-corrected chi connectivity index (χ3v) is 4.70. The Kier molecular flexibility index (Phi) is 5.43. The summed E-state index contributed by atoms with van der Waals surface area (Å²) in [6, 6.07) is 10.7. The number of nitrogens with one attached hydrogen (secondary N) is 1. The van der Waals surface area contributed by atoms with E-state index in [2.05, 4.69) is 17.1 Å². The molecule has 1 heterocycles. The van der Waals surface area contributed by atoms with Gasteiger partial charge in [0.15, 0.2) is 0 Å². The average molecular weight is 344 g/mol. The molecule has 3 nitrogen and oxygen atoms in total. The summed E-state index contributed by atoms with van der Waals surface area (Å²) < 4.78 is 27.2. The largest absolute Gasteiger partial charge is 0.317 e. The van der Waals surface area contributed by atoms with Gasteiger partial charge in [-0.15, -0.1) is 0 Å². The molecule has 0 unspecified atom stereocenters. The summed E-state index contributed by atoms with van der Waals surface area (Å²) in [4.78, 5) is 14.6. The number of amides is 1. The van der Waals surface area contributed by atoms with Crippen LogP contribution in [0, 0.1) is 17.6 Å². The lowest BCUT2D eigenvalue weighted by atomic mass is 9.99. The van der Waals surface area contributed by atoms with E-state index in [9.17, 15) is 13.6 Å². The highest BCUT2D eigenvalue weighted by atomic mass is 19.1. The second-order valence-corrected chi connectivity index (χ2v) is 6.71. The fourth-order valence-corrected chi connectivity index (χ4v) is 3.04. The van der Waals surface area contributed by atoms with E-state index in [0.717, 1.165) is 43.2 Å². The number of hydrogen-bond acceptors (Lipinski definition) is 2. The summed E-state index contributed by atoms with van der Waals surface area (Å²) in [5.74, 6) is -1.31. The number of likely N-dealkylation sites (tertiary alicyclic amines) is 1. The third-order valence-electron chi connectivity index (χ3n) is 4.70. The molecule has 0 saturated carbocycles. The van der Waals surface area contributed by atoms with Crippen LogP contribution in [0.2, 0.25) is 0 Å². The van der Waals surface area contributed by atoms with Crippen molar-refractivity contribution in [2.75, 3.05) is 18.4 Å². The molecule has 1 N–H and O–H groups in total. The first-order valence-corrected chi connectivity index (χ1v) is 8.59. The van der Waals surface area contributed by atoms with E-state index in [-0.39, 0.29) is 0 Å². The van der Waals surface area contributed by atoms with Gasteiger partial charge in [-0.05, 0) is 61.7 Å². The Morgan fingerprint density at radius 2 is 1.68 bits per heavy atom. The Labute approximate surface area is 146 Å². The predicted octanol–water partition coefficient (Wildman–Crippen LogP) is 4.45. The van der Waals surface area contributed by atoms with Gasteiger partial charge < -0.3 is 5.32 Å². The van der Waals surface area contributed by atoms with Crippen molar-refractivity contribution in [3.05, 3.63) is 65.2 Å². The molecule has 0 bridgehead atoms. The molecule has 0 atom stereocenters. The molecule has 2 aromatic carbocycles. The lowest BCUT2D eigenvalue weighted by Gasteiger charge is -2.30. The minimum absolute atomic E-state index is 0.374. The number of para-hydroxylation sites is 1. The van der Waals surface area contributed by atoms with Crippen LogP contribution >= 0.6 is 0 Å². The molecule has 0 aromatic heterocycles. The molecule has 132 valence electrons. The molecule has 2 aromatic rings. The van der Waals surface area contributed by atoms with Crippen LogP contribution in [0.3, 0.4) is 0 Å². The zero-order valence-electron chi connectivity index (χ0n) is 14.3. The maximum Gasteiger partial charge on any atom is 0.255 e. The number of carbonyl (C=O) groups excluding carboxylic acids is 1. The second kappa shape index (κ2) is 7.74. The number of rotatable bonds is 4. The highest BCUT2D eigenvalue weighted by Gasteiger charge is 2.16. The van der Waals surface area contributed by atoms with Crippen molar-refractivity contribution in [2.24, 2.45) is 5.92 Å². The van der Waals surface area contributed by atoms with E-state index in [4.69, 9.17) is 0 Å². The van der Waals surface area contributed by atoms with Gasteiger partial charge in [0, 0.05) is 12.1 Å². The molecule has 1 fully saturated rings. The topological polar surface area (TPSA) is 32.3 Å². The minimum Gasteiger partial charge on any atom is -0.317 e. The molecule has 1 saturated heterocycles. The smallest absolute Gasteiger partial charge is 0.255 e. The predicted molar refractivity (Wildman–Crippen MR) is 94.4 cm³/mol. The number of anilines is 1. The van der Waals surface area contributed by atoms with E-state index >= 15 is 0 Å². The van der Waals surface area contributed by atoms with Gasteiger partial charge in [0.05, 0.1) is 0 Å². The van der Waals surface area contributed by atoms with Crippen LogP contribution in [0.1, 0.15) is 35.7 Å². The SMILES string of the molecule is CC1CCN(Cc2ccc(C(=O)Nc3c(F)cccc3F)cc2)CC1. The zero-order valence-corrected chi connectivity index (χ0v) is 14.3. The molecule has 1 aliphatic rings. The number of piperidine rings is 1. The van der Waals surface area contributed by atoms with Gasteiger partial charge in [-0.3, -0.25) is 9.69 Å². The van der Waals surface area contributed by atoms with Crippen molar-refractivity contribution < 1.29 is 13.6 Å². The summed E-state index contributed by atoms with van der Waals surface area (Å²) in [7, 11) is 0. The van der Waals surface area contributed by atoms with E-state index in [1.165, 1.54) is 18.9 Å². The first-order valence-electron chi connectivity index (χ1n) is 8.59. The first-order chi connectivity index (χ1) is 12.0. The summed E-state index contributed by atoms with van der Waals surface area (Å²) >= 11 is 0. The standard InChI is InChI=1S/C20H22F2N2O/c1-14-9-11-24(12-10-14)13-15-5-7-16(8-6-15)20(25)23-19-17(21)3-2-4-18(19)22/h2-8,14H,9-13H2,1H3,(H,23,25). The number of nitrogens with zero attached hydrogens (tertiary/aromatic N) is 1. The van der Waals surface area contributed by atoms with Crippen LogP contribution < -0.4 is 5.32 Å². The van der Waals surface area contributed by atoms with Gasteiger partial charge in [0.25, 0.3) is 5.91 Å².